The molecule has 134 valence electrons. The van der Waals surface area contributed by atoms with Crippen molar-refractivity contribution < 1.29 is 9.90 Å². The normalized spacial score (nSPS) is 16.8. The summed E-state index contributed by atoms with van der Waals surface area (Å²) in [5.41, 5.74) is 1.58. The molecular weight excluding hydrogens is 328 g/mol. The number of carbonyl (C=O) groups is 1. The predicted molar refractivity (Wildman–Crippen MR) is 98.8 cm³/mol. The summed E-state index contributed by atoms with van der Waals surface area (Å²) in [7, 11) is 0. The maximum Gasteiger partial charge on any atom is 0.255 e. The molecule has 1 aliphatic heterocycles. The molecule has 26 heavy (non-hydrogen) atoms. The topological polar surface area (TPSA) is 71.2 Å². The predicted octanol–water partition coefficient (Wildman–Crippen LogP) is 2.41. The van der Waals surface area contributed by atoms with Gasteiger partial charge < -0.3 is 14.6 Å². The summed E-state index contributed by atoms with van der Waals surface area (Å²) in [5.74, 6) is -0.00624. The van der Waals surface area contributed by atoms with Crippen LogP contribution >= 0.6 is 0 Å². The van der Waals surface area contributed by atoms with E-state index in [1.807, 2.05) is 47.0 Å². The van der Waals surface area contributed by atoms with Crippen LogP contribution in [0.2, 0.25) is 0 Å². The molecular formula is C20H22N4O2. The molecule has 0 radical (unpaired) electrons. The van der Waals surface area contributed by atoms with Gasteiger partial charge in [0, 0.05) is 42.8 Å². The quantitative estimate of drug-likeness (QED) is 0.787. The highest BCUT2D eigenvalue weighted by atomic mass is 16.3. The van der Waals surface area contributed by atoms with E-state index in [0.29, 0.717) is 38.0 Å². The van der Waals surface area contributed by atoms with Gasteiger partial charge in [0.05, 0.1) is 29.4 Å². The van der Waals surface area contributed by atoms with Crippen LogP contribution in [0.4, 0.5) is 0 Å². The fourth-order valence-electron chi connectivity index (χ4n) is 3.65. The average molecular weight is 350 g/mol. The summed E-state index contributed by atoms with van der Waals surface area (Å²) < 4.78 is 2.05. The Balaban J connectivity index is 1.45. The summed E-state index contributed by atoms with van der Waals surface area (Å²) in [4.78, 5) is 22.9. The zero-order valence-electron chi connectivity index (χ0n) is 14.8. The highest BCUT2D eigenvalue weighted by molar-refractivity contribution is 5.95. The highest BCUT2D eigenvalue weighted by Crippen LogP contribution is 2.27. The van der Waals surface area contributed by atoms with Gasteiger partial charge in [-0.25, -0.2) is 0 Å². The van der Waals surface area contributed by atoms with Crippen molar-refractivity contribution in [3.05, 3.63) is 60.3 Å². The molecule has 6 heteroatoms. The number of aryl methyl sites for hydroxylation is 1. The average Bonchev–Trinajstić information content (AvgIpc) is 3.05. The Morgan fingerprint density at radius 1 is 1.23 bits per heavy atom. The smallest absolute Gasteiger partial charge is 0.255 e. The second kappa shape index (κ2) is 6.53. The molecule has 3 aromatic heterocycles. The molecule has 4 rings (SSSR count). The first-order valence-electron chi connectivity index (χ1n) is 8.88. The highest BCUT2D eigenvalue weighted by Gasteiger charge is 2.35. The third kappa shape index (κ3) is 3.08. The lowest BCUT2D eigenvalue weighted by Gasteiger charge is -2.38. The van der Waals surface area contributed by atoms with Crippen LogP contribution in [0.25, 0.3) is 10.9 Å². The number of carbonyl (C=O) groups excluding carboxylic acids is 1. The lowest BCUT2D eigenvalue weighted by molar-refractivity contribution is -0.0284. The van der Waals surface area contributed by atoms with E-state index in [-0.39, 0.29) is 5.91 Å². The molecule has 3 aromatic rings. The van der Waals surface area contributed by atoms with Crippen LogP contribution in [0.5, 0.6) is 0 Å². The van der Waals surface area contributed by atoms with Crippen LogP contribution in [-0.2, 0) is 6.54 Å². The lowest BCUT2D eigenvalue weighted by atomic mass is 9.90. The van der Waals surface area contributed by atoms with E-state index < -0.39 is 5.60 Å². The minimum atomic E-state index is -0.817. The molecule has 0 atom stereocenters. The zero-order chi connectivity index (χ0) is 18.1. The van der Waals surface area contributed by atoms with Crippen molar-refractivity contribution in [2.45, 2.75) is 31.9 Å². The van der Waals surface area contributed by atoms with Crippen molar-refractivity contribution in [2.75, 3.05) is 13.1 Å². The maximum absolute atomic E-state index is 12.7. The van der Waals surface area contributed by atoms with Crippen molar-refractivity contribution in [1.29, 1.82) is 0 Å². The second-order valence-electron chi connectivity index (χ2n) is 7.03. The molecule has 0 aromatic carbocycles. The minimum absolute atomic E-state index is 0.00624. The van der Waals surface area contributed by atoms with Gasteiger partial charge in [-0.3, -0.25) is 14.8 Å². The van der Waals surface area contributed by atoms with Crippen molar-refractivity contribution >= 4 is 16.8 Å². The third-order valence-corrected chi connectivity index (χ3v) is 5.26. The van der Waals surface area contributed by atoms with Gasteiger partial charge in [-0.2, -0.15) is 0 Å². The number of piperidine rings is 1. The van der Waals surface area contributed by atoms with Crippen molar-refractivity contribution in [3.8, 4) is 0 Å². The van der Waals surface area contributed by atoms with Gasteiger partial charge in [-0.05, 0) is 44.0 Å². The fourth-order valence-corrected chi connectivity index (χ4v) is 3.65. The number of hydrogen-bond acceptors (Lipinski definition) is 4. The molecule has 4 heterocycles. The Hall–Kier alpha value is -2.73. The third-order valence-electron chi connectivity index (χ3n) is 5.26. The number of aromatic nitrogens is 3. The number of nitrogens with zero attached hydrogens (tertiary/aromatic N) is 4. The van der Waals surface area contributed by atoms with Gasteiger partial charge in [0.2, 0.25) is 0 Å². The number of pyridine rings is 2. The first kappa shape index (κ1) is 16.7. The number of likely N-dealkylation sites (tertiary alicyclic amines) is 1. The van der Waals surface area contributed by atoms with E-state index in [9.17, 15) is 9.90 Å². The standard InChI is InChI=1S/C20H22N4O2/c1-15-17(3-2-8-22-15)19(25)23-11-6-20(26,7-12-23)14-24-10-5-16-4-9-21-13-18(16)24/h2-5,8-10,13,26H,6-7,11-12,14H2,1H3. The van der Waals surface area contributed by atoms with E-state index in [4.69, 9.17) is 0 Å². The van der Waals surface area contributed by atoms with Crippen LogP contribution in [0.1, 0.15) is 28.9 Å². The van der Waals surface area contributed by atoms with Crippen LogP contribution < -0.4 is 0 Å². The summed E-state index contributed by atoms with van der Waals surface area (Å²) in [6, 6.07) is 7.59. The van der Waals surface area contributed by atoms with Crippen LogP contribution in [-0.4, -0.2) is 49.1 Å². The second-order valence-corrected chi connectivity index (χ2v) is 7.03. The lowest BCUT2D eigenvalue weighted by Crippen LogP contribution is -2.48. The Kier molecular flexibility index (Phi) is 4.20. The zero-order valence-corrected chi connectivity index (χ0v) is 14.8. The van der Waals surface area contributed by atoms with E-state index in [0.717, 1.165) is 16.6 Å². The van der Waals surface area contributed by atoms with Gasteiger partial charge in [-0.15, -0.1) is 0 Å². The summed E-state index contributed by atoms with van der Waals surface area (Å²) >= 11 is 0. The summed E-state index contributed by atoms with van der Waals surface area (Å²) in [6.45, 7) is 3.44. The largest absolute Gasteiger partial charge is 0.388 e. The van der Waals surface area contributed by atoms with Gasteiger partial charge in [0.1, 0.15) is 0 Å². The molecule has 1 amide bonds. The van der Waals surface area contributed by atoms with Crippen LogP contribution in [0.15, 0.2) is 49.1 Å². The van der Waals surface area contributed by atoms with E-state index in [1.54, 1.807) is 18.5 Å². The molecule has 0 bridgehead atoms. The monoisotopic (exact) mass is 350 g/mol. The number of rotatable bonds is 3. The Morgan fingerprint density at radius 2 is 2.04 bits per heavy atom. The molecule has 0 unspecified atom stereocenters. The fraction of sp³-hybridized carbons (Fsp3) is 0.350. The Labute approximate surface area is 152 Å². The molecule has 0 spiro atoms. The molecule has 0 aliphatic carbocycles. The Morgan fingerprint density at radius 3 is 2.81 bits per heavy atom. The molecule has 1 fully saturated rings. The van der Waals surface area contributed by atoms with Crippen LogP contribution in [0.3, 0.4) is 0 Å². The maximum atomic E-state index is 12.7. The van der Waals surface area contributed by atoms with Crippen molar-refractivity contribution in [3.63, 3.8) is 0 Å². The number of aliphatic hydroxyl groups is 1. The minimum Gasteiger partial charge on any atom is -0.388 e. The van der Waals surface area contributed by atoms with Gasteiger partial charge in [-0.1, -0.05) is 0 Å². The number of amides is 1. The van der Waals surface area contributed by atoms with Gasteiger partial charge in [0.25, 0.3) is 5.91 Å². The van der Waals surface area contributed by atoms with Gasteiger partial charge >= 0.3 is 0 Å². The molecule has 0 saturated carbocycles. The van der Waals surface area contributed by atoms with E-state index in [1.165, 1.54) is 0 Å². The van der Waals surface area contributed by atoms with E-state index in [2.05, 4.69) is 9.97 Å². The first-order valence-corrected chi connectivity index (χ1v) is 8.88. The molecule has 1 aliphatic rings. The van der Waals surface area contributed by atoms with Crippen molar-refractivity contribution in [2.24, 2.45) is 0 Å². The molecule has 1 N–H and O–H groups in total. The number of fused-ring (bicyclic) bond motifs is 1. The van der Waals surface area contributed by atoms with E-state index >= 15 is 0 Å². The molecule has 1 saturated heterocycles. The Bertz CT molecular complexity index is 942. The summed E-state index contributed by atoms with van der Waals surface area (Å²) in [5, 5.41) is 12.1. The summed E-state index contributed by atoms with van der Waals surface area (Å²) in [6.07, 6.45) is 8.38. The van der Waals surface area contributed by atoms with Crippen molar-refractivity contribution in [1.82, 2.24) is 19.4 Å². The first-order chi connectivity index (χ1) is 12.6. The molecule has 6 nitrogen and oxygen atoms in total. The number of hydrogen-bond donors (Lipinski definition) is 1. The van der Waals surface area contributed by atoms with Gasteiger partial charge in [0.15, 0.2) is 0 Å². The SMILES string of the molecule is Cc1ncccc1C(=O)N1CCC(O)(Cn2ccc3ccncc32)CC1. The van der Waals surface area contributed by atoms with Crippen LogP contribution in [0, 0.1) is 6.92 Å².